The fraction of sp³-hybridized carbons (Fsp3) is 0.619. The van der Waals surface area contributed by atoms with Gasteiger partial charge in [0.1, 0.15) is 11.7 Å². The smallest absolute Gasteiger partial charge is 0.408 e. The van der Waals surface area contributed by atoms with E-state index in [2.05, 4.69) is 5.32 Å². The molecule has 0 aromatic heterocycles. The van der Waals surface area contributed by atoms with Crippen LogP contribution in [-0.4, -0.2) is 36.4 Å². The molecule has 0 saturated carbocycles. The number of cyclic esters (lactones) is 1. The lowest BCUT2D eigenvalue weighted by Crippen LogP contribution is -2.48. The van der Waals surface area contributed by atoms with Gasteiger partial charge >= 0.3 is 12.1 Å². The average molecular weight is 377 g/mol. The summed E-state index contributed by atoms with van der Waals surface area (Å²) in [5, 5.41) is 2.82. The van der Waals surface area contributed by atoms with Gasteiger partial charge in [-0.25, -0.2) is 4.79 Å². The standard InChI is InChI=1S/C21H31NO5/c1-14(2)16-11-18(26-19(16)23)17(22-20(24)27-21(3,4)5)13-25-12-15-9-7-6-8-10-15/h6-10,14,16-18H,11-13H2,1-5H3,(H,22,24). The van der Waals surface area contributed by atoms with Crippen LogP contribution in [0.3, 0.4) is 0 Å². The number of esters is 1. The highest BCUT2D eigenvalue weighted by Gasteiger charge is 2.41. The minimum Gasteiger partial charge on any atom is -0.460 e. The summed E-state index contributed by atoms with van der Waals surface area (Å²) in [6.07, 6.45) is -0.404. The number of ether oxygens (including phenoxy) is 3. The van der Waals surface area contributed by atoms with Gasteiger partial charge in [-0.05, 0) is 32.3 Å². The van der Waals surface area contributed by atoms with Gasteiger partial charge in [-0.2, -0.15) is 0 Å². The topological polar surface area (TPSA) is 73.9 Å². The van der Waals surface area contributed by atoms with Crippen molar-refractivity contribution in [1.29, 1.82) is 0 Å². The number of carbonyl (C=O) groups excluding carboxylic acids is 2. The van der Waals surface area contributed by atoms with Crippen molar-refractivity contribution < 1.29 is 23.8 Å². The molecular weight excluding hydrogens is 346 g/mol. The maximum Gasteiger partial charge on any atom is 0.408 e. The number of carbonyl (C=O) groups is 2. The molecule has 1 aromatic carbocycles. The molecule has 1 aliphatic rings. The molecule has 6 heteroatoms. The largest absolute Gasteiger partial charge is 0.460 e. The molecule has 2 rings (SSSR count). The summed E-state index contributed by atoms with van der Waals surface area (Å²) < 4.78 is 16.7. The Morgan fingerprint density at radius 3 is 2.48 bits per heavy atom. The third-order valence-corrected chi connectivity index (χ3v) is 4.42. The van der Waals surface area contributed by atoms with Gasteiger partial charge < -0.3 is 19.5 Å². The third-order valence-electron chi connectivity index (χ3n) is 4.42. The molecule has 27 heavy (non-hydrogen) atoms. The van der Waals surface area contributed by atoms with Crippen LogP contribution >= 0.6 is 0 Å². The molecule has 0 bridgehead atoms. The molecule has 1 saturated heterocycles. The summed E-state index contributed by atoms with van der Waals surface area (Å²) in [5.41, 5.74) is 0.434. The highest BCUT2D eigenvalue weighted by molar-refractivity contribution is 5.75. The number of alkyl carbamates (subject to hydrolysis) is 1. The first kappa shape index (κ1) is 21.2. The molecule has 3 atom stereocenters. The van der Waals surface area contributed by atoms with Gasteiger partial charge in [0.25, 0.3) is 0 Å². The van der Waals surface area contributed by atoms with Crippen LogP contribution in [0.15, 0.2) is 30.3 Å². The summed E-state index contributed by atoms with van der Waals surface area (Å²) in [4.78, 5) is 24.4. The summed E-state index contributed by atoms with van der Waals surface area (Å²) in [6, 6.07) is 9.32. The van der Waals surface area contributed by atoms with Crippen molar-refractivity contribution in [2.75, 3.05) is 6.61 Å². The first-order chi connectivity index (χ1) is 12.7. The molecule has 1 N–H and O–H groups in total. The minimum atomic E-state index is -0.605. The Kier molecular flexibility index (Phi) is 7.25. The zero-order valence-electron chi connectivity index (χ0n) is 16.9. The van der Waals surface area contributed by atoms with Crippen molar-refractivity contribution in [2.24, 2.45) is 11.8 Å². The number of benzene rings is 1. The lowest BCUT2D eigenvalue weighted by molar-refractivity contribution is -0.146. The highest BCUT2D eigenvalue weighted by atomic mass is 16.6. The minimum absolute atomic E-state index is 0.160. The number of rotatable bonds is 7. The van der Waals surface area contributed by atoms with Crippen LogP contribution in [0.5, 0.6) is 0 Å². The van der Waals surface area contributed by atoms with Crippen LogP contribution in [0.1, 0.15) is 46.6 Å². The van der Waals surface area contributed by atoms with Crippen molar-refractivity contribution in [3.8, 4) is 0 Å². The zero-order chi connectivity index (χ0) is 20.0. The summed E-state index contributed by atoms with van der Waals surface area (Å²) in [7, 11) is 0. The van der Waals surface area contributed by atoms with Crippen molar-refractivity contribution >= 4 is 12.1 Å². The Morgan fingerprint density at radius 2 is 1.93 bits per heavy atom. The van der Waals surface area contributed by atoms with Crippen LogP contribution in [0.25, 0.3) is 0 Å². The zero-order valence-corrected chi connectivity index (χ0v) is 16.9. The molecule has 0 aliphatic carbocycles. The van der Waals surface area contributed by atoms with Gasteiger partial charge in [0.05, 0.1) is 25.2 Å². The Hall–Kier alpha value is -2.08. The van der Waals surface area contributed by atoms with E-state index in [0.29, 0.717) is 13.0 Å². The summed E-state index contributed by atoms with van der Waals surface area (Å²) >= 11 is 0. The molecule has 0 spiro atoms. The van der Waals surface area contributed by atoms with E-state index < -0.39 is 23.8 Å². The second kappa shape index (κ2) is 9.22. The molecule has 0 radical (unpaired) electrons. The molecule has 1 aliphatic heterocycles. The van der Waals surface area contributed by atoms with Crippen LogP contribution in [0, 0.1) is 11.8 Å². The molecule has 1 fully saturated rings. The molecule has 1 aromatic rings. The van der Waals surface area contributed by atoms with Crippen LogP contribution in [0.2, 0.25) is 0 Å². The van der Waals surface area contributed by atoms with Gasteiger partial charge in [-0.15, -0.1) is 0 Å². The predicted octanol–water partition coefficient (Wildman–Crippen LogP) is 3.68. The molecule has 3 unspecified atom stereocenters. The maximum atomic E-state index is 12.2. The predicted molar refractivity (Wildman–Crippen MR) is 102 cm³/mol. The van der Waals surface area contributed by atoms with Crippen molar-refractivity contribution in [3.63, 3.8) is 0 Å². The van der Waals surface area contributed by atoms with Gasteiger partial charge in [-0.1, -0.05) is 44.2 Å². The molecule has 1 amide bonds. The normalized spacial score (nSPS) is 21.0. The molecule has 6 nitrogen and oxygen atoms in total. The third kappa shape index (κ3) is 6.86. The van der Waals surface area contributed by atoms with Crippen molar-refractivity contribution in [2.45, 2.75) is 65.4 Å². The van der Waals surface area contributed by atoms with E-state index in [0.717, 1.165) is 5.56 Å². The molecular formula is C21H31NO5. The quantitative estimate of drug-likeness (QED) is 0.734. The number of nitrogens with one attached hydrogen (secondary N) is 1. The van der Waals surface area contributed by atoms with E-state index in [1.54, 1.807) is 20.8 Å². The molecule has 150 valence electrons. The highest BCUT2D eigenvalue weighted by Crippen LogP contribution is 2.29. The Bertz CT molecular complexity index is 623. The summed E-state index contributed by atoms with van der Waals surface area (Å²) in [6.45, 7) is 10.1. The van der Waals surface area contributed by atoms with Gasteiger partial charge in [-0.3, -0.25) is 4.79 Å². The SMILES string of the molecule is CC(C)C1CC(C(COCc2ccccc2)NC(=O)OC(C)(C)C)OC1=O. The van der Waals surface area contributed by atoms with Crippen LogP contribution in [0.4, 0.5) is 4.79 Å². The van der Waals surface area contributed by atoms with Crippen LogP contribution in [-0.2, 0) is 25.6 Å². The van der Waals surface area contributed by atoms with Gasteiger partial charge in [0.15, 0.2) is 0 Å². The number of hydrogen-bond acceptors (Lipinski definition) is 5. The second-order valence-electron chi connectivity index (χ2n) is 8.32. The number of amides is 1. The summed E-state index contributed by atoms with van der Waals surface area (Å²) in [5.74, 6) is -0.184. The monoisotopic (exact) mass is 377 g/mol. The van der Waals surface area contributed by atoms with E-state index in [9.17, 15) is 9.59 Å². The fourth-order valence-corrected chi connectivity index (χ4v) is 3.00. The first-order valence-corrected chi connectivity index (χ1v) is 9.47. The second-order valence-corrected chi connectivity index (χ2v) is 8.32. The fourth-order valence-electron chi connectivity index (χ4n) is 3.00. The Labute approximate surface area is 161 Å². The van der Waals surface area contributed by atoms with Crippen molar-refractivity contribution in [1.82, 2.24) is 5.32 Å². The van der Waals surface area contributed by atoms with Gasteiger partial charge in [0.2, 0.25) is 0 Å². The van der Waals surface area contributed by atoms with Crippen LogP contribution < -0.4 is 5.32 Å². The van der Waals surface area contributed by atoms with Crippen molar-refractivity contribution in [3.05, 3.63) is 35.9 Å². The van der Waals surface area contributed by atoms with E-state index >= 15 is 0 Å². The first-order valence-electron chi connectivity index (χ1n) is 9.47. The van der Waals surface area contributed by atoms with Gasteiger partial charge in [0, 0.05) is 6.42 Å². The molecule has 1 heterocycles. The van der Waals surface area contributed by atoms with E-state index in [-0.39, 0.29) is 24.4 Å². The average Bonchev–Trinajstić information content (AvgIpc) is 2.95. The number of hydrogen-bond donors (Lipinski definition) is 1. The maximum absolute atomic E-state index is 12.2. The van der Waals surface area contributed by atoms with E-state index in [4.69, 9.17) is 14.2 Å². The van der Waals surface area contributed by atoms with E-state index in [1.165, 1.54) is 0 Å². The lowest BCUT2D eigenvalue weighted by atomic mass is 9.91. The Morgan fingerprint density at radius 1 is 1.26 bits per heavy atom. The lowest BCUT2D eigenvalue weighted by Gasteiger charge is -2.26. The Balaban J connectivity index is 1.99. The van der Waals surface area contributed by atoms with E-state index in [1.807, 2.05) is 44.2 Å².